The Kier molecular flexibility index (Phi) is 7.75. The Bertz CT molecular complexity index is 796. The summed E-state index contributed by atoms with van der Waals surface area (Å²) in [6.07, 6.45) is 0. The topological polar surface area (TPSA) is 87.9 Å². The van der Waals surface area contributed by atoms with Crippen molar-refractivity contribution in [3.05, 3.63) is 59.7 Å². The highest BCUT2D eigenvalue weighted by molar-refractivity contribution is 7.54. The van der Waals surface area contributed by atoms with E-state index in [1.54, 1.807) is 32.9 Å². The van der Waals surface area contributed by atoms with E-state index in [2.05, 4.69) is 0 Å². The zero-order valence-corrected chi connectivity index (χ0v) is 16.8. The van der Waals surface area contributed by atoms with Gasteiger partial charge in [0.2, 0.25) is 0 Å². The maximum Gasteiger partial charge on any atom is 0.351 e. The molecule has 2 rings (SSSR count). The van der Waals surface area contributed by atoms with E-state index < -0.39 is 13.4 Å². The monoisotopic (exact) mass is 391 g/mol. The average molecular weight is 391 g/mol. The lowest BCUT2D eigenvalue weighted by Crippen LogP contribution is -2.16. The van der Waals surface area contributed by atoms with Crippen molar-refractivity contribution in [1.82, 2.24) is 0 Å². The molecule has 1 unspecified atom stereocenters. The molecule has 6 nitrogen and oxygen atoms in total. The Balaban J connectivity index is 2.40. The molecule has 2 aromatic rings. The van der Waals surface area contributed by atoms with Crippen LogP contribution in [-0.2, 0) is 18.3 Å². The first kappa shape index (κ1) is 21.3. The van der Waals surface area contributed by atoms with Crippen LogP contribution >= 0.6 is 7.60 Å². The highest BCUT2D eigenvalue weighted by Gasteiger charge is 2.35. The van der Waals surface area contributed by atoms with Gasteiger partial charge in [-0.15, -0.1) is 0 Å². The molecule has 2 aromatic carbocycles. The van der Waals surface area contributed by atoms with Crippen molar-refractivity contribution >= 4 is 13.6 Å². The fourth-order valence-electron chi connectivity index (χ4n) is 2.75. The maximum absolute atomic E-state index is 13.1. The molecular weight excluding hydrogens is 365 g/mol. The molecule has 1 atom stereocenters. The van der Waals surface area contributed by atoms with Crippen LogP contribution in [0.2, 0.25) is 0 Å². The smallest absolute Gasteiger partial charge is 0.351 e. The van der Waals surface area contributed by atoms with Crippen molar-refractivity contribution in [2.45, 2.75) is 26.6 Å². The van der Waals surface area contributed by atoms with Crippen LogP contribution in [0.3, 0.4) is 0 Å². The van der Waals surface area contributed by atoms with E-state index in [1.165, 1.54) is 0 Å². The van der Waals surface area contributed by atoms with Crippen LogP contribution in [0, 0.1) is 0 Å². The van der Waals surface area contributed by atoms with E-state index in [0.29, 0.717) is 17.7 Å². The van der Waals surface area contributed by atoms with Gasteiger partial charge in [0.05, 0.1) is 25.4 Å². The van der Waals surface area contributed by atoms with Crippen LogP contribution in [0.15, 0.2) is 48.5 Å². The Hall–Kier alpha value is -1.98. The number of ether oxygens (including phenoxy) is 1. The summed E-state index contributed by atoms with van der Waals surface area (Å²) >= 11 is 0. The minimum Gasteiger partial charge on any atom is -0.462 e. The summed E-state index contributed by atoms with van der Waals surface area (Å²) in [6.45, 7) is 6.06. The summed E-state index contributed by atoms with van der Waals surface area (Å²) in [5.74, 6) is -1.29. The number of carbonyl (C=O) groups excluding carboxylic acids is 1. The highest BCUT2D eigenvalue weighted by Crippen LogP contribution is 2.59. The van der Waals surface area contributed by atoms with Crippen LogP contribution in [0.4, 0.5) is 0 Å². The highest BCUT2D eigenvalue weighted by atomic mass is 31.2. The summed E-state index contributed by atoms with van der Waals surface area (Å²) in [5, 5.41) is 0. The van der Waals surface area contributed by atoms with Gasteiger partial charge in [-0.05, 0) is 49.6 Å². The minimum atomic E-state index is -3.51. The van der Waals surface area contributed by atoms with Crippen molar-refractivity contribution in [2.75, 3.05) is 19.8 Å². The number of esters is 1. The molecule has 27 heavy (non-hydrogen) atoms. The van der Waals surface area contributed by atoms with Gasteiger partial charge in [-0.3, -0.25) is 4.57 Å². The second-order valence-electron chi connectivity index (χ2n) is 5.71. The quantitative estimate of drug-likeness (QED) is 0.490. The number of hydrogen-bond donors (Lipinski definition) is 1. The van der Waals surface area contributed by atoms with Gasteiger partial charge in [-0.2, -0.15) is 0 Å². The molecule has 0 radical (unpaired) electrons. The predicted molar refractivity (Wildman–Crippen MR) is 106 cm³/mol. The van der Waals surface area contributed by atoms with E-state index in [4.69, 9.17) is 19.5 Å². The number of nitrogens with two attached hydrogens (primary N) is 1. The molecule has 0 spiro atoms. The summed E-state index contributed by atoms with van der Waals surface area (Å²) in [5.41, 5.74) is 9.09. The van der Waals surface area contributed by atoms with Crippen molar-refractivity contribution < 1.29 is 23.1 Å². The number of benzene rings is 2. The van der Waals surface area contributed by atoms with E-state index in [9.17, 15) is 9.36 Å². The van der Waals surface area contributed by atoms with Crippen molar-refractivity contribution in [2.24, 2.45) is 5.73 Å². The summed E-state index contributed by atoms with van der Waals surface area (Å²) < 4.78 is 28.9. The van der Waals surface area contributed by atoms with Gasteiger partial charge in [-0.25, -0.2) is 4.79 Å². The second kappa shape index (κ2) is 9.81. The van der Waals surface area contributed by atoms with E-state index in [0.717, 1.165) is 11.1 Å². The Morgan fingerprint density at radius 3 is 2.11 bits per heavy atom. The summed E-state index contributed by atoms with van der Waals surface area (Å²) in [4.78, 5) is 11.8. The molecule has 0 heterocycles. The molecule has 0 aliphatic heterocycles. The Labute approximate surface area is 160 Å². The van der Waals surface area contributed by atoms with Crippen LogP contribution in [0.5, 0.6) is 0 Å². The maximum atomic E-state index is 13.1. The zero-order valence-electron chi connectivity index (χ0n) is 15.9. The predicted octanol–water partition coefficient (Wildman–Crippen LogP) is 4.75. The number of carbonyl (C=O) groups is 1. The molecule has 2 N–H and O–H groups in total. The Morgan fingerprint density at radius 1 is 0.963 bits per heavy atom. The molecule has 0 aliphatic carbocycles. The fraction of sp³-hybridized carbons (Fsp3) is 0.350. The molecule has 0 saturated heterocycles. The lowest BCUT2D eigenvalue weighted by atomic mass is 9.98. The van der Waals surface area contributed by atoms with E-state index >= 15 is 0 Å². The third-order valence-corrected chi connectivity index (χ3v) is 6.14. The van der Waals surface area contributed by atoms with E-state index in [-0.39, 0.29) is 19.2 Å². The van der Waals surface area contributed by atoms with Crippen LogP contribution < -0.4 is 5.73 Å². The van der Waals surface area contributed by atoms with Crippen molar-refractivity contribution in [3.8, 4) is 11.1 Å². The normalized spacial score (nSPS) is 12.6. The number of rotatable bonds is 9. The average Bonchev–Trinajstić information content (AvgIpc) is 2.68. The van der Waals surface area contributed by atoms with Gasteiger partial charge >= 0.3 is 13.6 Å². The Morgan fingerprint density at radius 2 is 1.56 bits per heavy atom. The third-order valence-electron chi connectivity index (χ3n) is 3.95. The van der Waals surface area contributed by atoms with E-state index in [1.807, 2.05) is 36.4 Å². The van der Waals surface area contributed by atoms with Gasteiger partial charge in [0.25, 0.3) is 0 Å². The molecule has 0 aliphatic rings. The van der Waals surface area contributed by atoms with Gasteiger partial charge in [-0.1, -0.05) is 36.4 Å². The molecular formula is C20H26NO5P. The molecule has 0 aromatic heterocycles. The van der Waals surface area contributed by atoms with Gasteiger partial charge in [0, 0.05) is 0 Å². The minimum absolute atomic E-state index is 0.237. The van der Waals surface area contributed by atoms with Crippen LogP contribution in [0.1, 0.15) is 42.5 Å². The van der Waals surface area contributed by atoms with Crippen LogP contribution in [-0.4, -0.2) is 25.8 Å². The standard InChI is InChI=1S/C20H26NO5P/c1-4-24-20(22)16-13-11-15(12-14-16)17-9-7-8-10-18(17)19(21)27(23,25-5-2)26-6-3/h7-14,19H,4-6,21H2,1-3H3. The van der Waals surface area contributed by atoms with Crippen molar-refractivity contribution in [3.63, 3.8) is 0 Å². The lowest BCUT2D eigenvalue weighted by molar-refractivity contribution is 0.0526. The number of hydrogen-bond acceptors (Lipinski definition) is 6. The summed E-state index contributed by atoms with van der Waals surface area (Å²) in [6, 6.07) is 14.4. The lowest BCUT2D eigenvalue weighted by Gasteiger charge is -2.25. The molecule has 7 heteroatoms. The molecule has 0 saturated carbocycles. The summed E-state index contributed by atoms with van der Waals surface area (Å²) in [7, 11) is -3.51. The molecule has 0 bridgehead atoms. The van der Waals surface area contributed by atoms with Crippen LogP contribution in [0.25, 0.3) is 11.1 Å². The molecule has 146 valence electrons. The van der Waals surface area contributed by atoms with Gasteiger partial charge < -0.3 is 19.5 Å². The second-order valence-corrected chi connectivity index (χ2v) is 7.86. The van der Waals surface area contributed by atoms with Gasteiger partial charge in [0.15, 0.2) is 0 Å². The van der Waals surface area contributed by atoms with Gasteiger partial charge in [0.1, 0.15) is 5.78 Å². The largest absolute Gasteiger partial charge is 0.462 e. The first-order chi connectivity index (χ1) is 13.0. The molecule has 0 amide bonds. The zero-order chi connectivity index (χ0) is 19.9. The first-order valence-corrected chi connectivity index (χ1v) is 10.6. The molecule has 0 fully saturated rings. The third kappa shape index (κ3) is 5.05. The van der Waals surface area contributed by atoms with Crippen molar-refractivity contribution in [1.29, 1.82) is 0 Å². The SMILES string of the molecule is CCOC(=O)c1ccc(-c2ccccc2C(N)P(=O)(OCC)OCC)cc1. The fourth-order valence-corrected chi connectivity index (χ4v) is 4.43. The first-order valence-electron chi connectivity index (χ1n) is 8.97.